The number of H-pyrrole nitrogens is 1. The van der Waals surface area contributed by atoms with Crippen LogP contribution >= 0.6 is 57.4 Å². The van der Waals surface area contributed by atoms with Gasteiger partial charge in [0.25, 0.3) is 0 Å². The van der Waals surface area contributed by atoms with E-state index in [0.29, 0.717) is 4.77 Å². The zero-order valence-corrected chi connectivity index (χ0v) is 15.3. The van der Waals surface area contributed by atoms with E-state index in [-0.39, 0.29) is 0 Å². The van der Waals surface area contributed by atoms with Crippen molar-refractivity contribution in [3.63, 3.8) is 0 Å². The number of aromatic nitrogens is 3. The van der Waals surface area contributed by atoms with Gasteiger partial charge in [-0.05, 0) is 82.0 Å². The number of rotatable bonds is 3. The lowest BCUT2D eigenvalue weighted by molar-refractivity contribution is 0.409. The zero-order valence-electron chi connectivity index (χ0n) is 10.1. The van der Waals surface area contributed by atoms with Crippen LogP contribution in [0.1, 0.15) is 11.4 Å². The van der Waals surface area contributed by atoms with E-state index in [4.69, 9.17) is 17.0 Å². The molecule has 2 rings (SSSR count). The summed E-state index contributed by atoms with van der Waals surface area (Å²) in [5.41, 5.74) is 0.983. The highest BCUT2D eigenvalue weighted by molar-refractivity contribution is 14.1. The summed E-state index contributed by atoms with van der Waals surface area (Å²) in [4.78, 5) is 0. The molecule has 0 amide bonds. The van der Waals surface area contributed by atoms with Gasteiger partial charge in [0.15, 0.2) is 0 Å². The molecule has 100 valence electrons. The highest BCUT2D eigenvalue weighted by Crippen LogP contribution is 2.27. The number of ether oxygens (including phenoxy) is 1. The topological polar surface area (TPSA) is 55.2 Å². The molecule has 0 aliphatic rings. The second kappa shape index (κ2) is 6.31. The van der Waals surface area contributed by atoms with Crippen LogP contribution in [-0.2, 0) is 0 Å². The molecule has 1 aromatic heterocycles. The molecule has 1 heterocycles. The van der Waals surface area contributed by atoms with E-state index in [9.17, 15) is 0 Å². The van der Waals surface area contributed by atoms with Gasteiger partial charge in [-0.3, -0.25) is 5.10 Å². The minimum absolute atomic E-state index is 0.478. The van der Waals surface area contributed by atoms with Crippen LogP contribution in [-0.4, -0.2) is 28.2 Å². The Bertz CT molecular complexity index is 669. The third-order valence-corrected chi connectivity index (χ3v) is 4.23. The fraction of sp³-hybridized carbons (Fsp3) is 0.182. The molecule has 1 aromatic carbocycles. The monoisotopic (exact) mass is 500 g/mol. The van der Waals surface area contributed by atoms with Gasteiger partial charge in [0, 0.05) is 0 Å². The first-order chi connectivity index (χ1) is 9.02. The molecular formula is C11H10I2N4OS. The van der Waals surface area contributed by atoms with E-state index < -0.39 is 0 Å². The molecule has 2 aromatic rings. The van der Waals surface area contributed by atoms with Crippen molar-refractivity contribution in [1.82, 2.24) is 14.9 Å². The smallest absolute Gasteiger partial charge is 0.216 e. The Hall–Kier alpha value is -0.490. The van der Waals surface area contributed by atoms with Gasteiger partial charge in [-0.25, -0.2) is 0 Å². The van der Waals surface area contributed by atoms with Gasteiger partial charge in [0.05, 0.1) is 20.5 Å². The number of aromatic amines is 1. The summed E-state index contributed by atoms with van der Waals surface area (Å²) in [6, 6.07) is 4.01. The van der Waals surface area contributed by atoms with Gasteiger partial charge in [-0.1, -0.05) is 0 Å². The van der Waals surface area contributed by atoms with Crippen LogP contribution in [0.15, 0.2) is 17.2 Å². The Balaban J connectivity index is 2.37. The predicted molar refractivity (Wildman–Crippen MR) is 93.6 cm³/mol. The summed E-state index contributed by atoms with van der Waals surface area (Å²) in [6.07, 6.45) is 1.75. The Morgan fingerprint density at radius 3 is 2.53 bits per heavy atom. The number of nitrogens with zero attached hydrogens (tertiary/aromatic N) is 3. The second-order valence-electron chi connectivity index (χ2n) is 3.65. The molecular weight excluding hydrogens is 490 g/mol. The average Bonchev–Trinajstić information content (AvgIpc) is 2.66. The van der Waals surface area contributed by atoms with Crippen molar-refractivity contribution < 1.29 is 4.74 Å². The summed E-state index contributed by atoms with van der Waals surface area (Å²) in [5, 5.41) is 11.0. The Labute approximate surface area is 142 Å². The normalized spacial score (nSPS) is 11.2. The summed E-state index contributed by atoms with van der Waals surface area (Å²) in [7, 11) is 1.67. The van der Waals surface area contributed by atoms with Crippen LogP contribution < -0.4 is 4.74 Å². The molecule has 8 heteroatoms. The van der Waals surface area contributed by atoms with E-state index >= 15 is 0 Å². The number of halogens is 2. The molecule has 19 heavy (non-hydrogen) atoms. The van der Waals surface area contributed by atoms with Crippen LogP contribution in [0.3, 0.4) is 0 Å². The molecule has 5 nitrogen and oxygen atoms in total. The predicted octanol–water partition coefficient (Wildman–Crippen LogP) is 3.35. The number of nitrogens with one attached hydrogen (secondary N) is 1. The number of aryl methyl sites for hydroxylation is 1. The number of benzene rings is 1. The summed E-state index contributed by atoms with van der Waals surface area (Å²) >= 11 is 9.57. The minimum atomic E-state index is 0.478. The van der Waals surface area contributed by atoms with E-state index in [1.54, 1.807) is 18.0 Å². The number of hydrogen-bond donors (Lipinski definition) is 1. The van der Waals surface area contributed by atoms with Crippen LogP contribution in [0.2, 0.25) is 0 Å². The maximum absolute atomic E-state index is 5.32. The third-order valence-electron chi connectivity index (χ3n) is 2.36. The van der Waals surface area contributed by atoms with Crippen molar-refractivity contribution in [3.05, 3.63) is 35.4 Å². The highest BCUT2D eigenvalue weighted by Gasteiger charge is 2.06. The van der Waals surface area contributed by atoms with Crippen molar-refractivity contribution >= 4 is 63.6 Å². The van der Waals surface area contributed by atoms with E-state index in [2.05, 4.69) is 60.5 Å². The Morgan fingerprint density at radius 1 is 1.42 bits per heavy atom. The zero-order chi connectivity index (χ0) is 14.0. The standard InChI is InChI=1S/C11H10I2N4OS/c1-6-15-16-11(19)17(6)14-5-7-3-8(12)10(18-2)9(13)4-7/h3-5H,1-2H3,(H,16,19)/b14-5-. The summed E-state index contributed by atoms with van der Waals surface area (Å²) in [5.74, 6) is 1.61. The van der Waals surface area contributed by atoms with Crippen molar-refractivity contribution in [2.75, 3.05) is 7.11 Å². The van der Waals surface area contributed by atoms with Gasteiger partial charge in [0.2, 0.25) is 4.77 Å². The number of hydrogen-bond acceptors (Lipinski definition) is 4. The molecule has 0 spiro atoms. The molecule has 1 N–H and O–H groups in total. The van der Waals surface area contributed by atoms with Crippen molar-refractivity contribution in [1.29, 1.82) is 0 Å². The van der Waals surface area contributed by atoms with Crippen molar-refractivity contribution in [2.45, 2.75) is 6.92 Å². The highest BCUT2D eigenvalue weighted by atomic mass is 127. The van der Waals surface area contributed by atoms with E-state index in [1.165, 1.54) is 0 Å². The lowest BCUT2D eigenvalue weighted by Crippen LogP contribution is -1.96. The van der Waals surface area contributed by atoms with Crippen LogP contribution in [0.25, 0.3) is 0 Å². The largest absolute Gasteiger partial charge is 0.495 e. The maximum Gasteiger partial charge on any atom is 0.216 e. The molecule has 0 radical (unpaired) electrons. The molecule has 0 unspecified atom stereocenters. The lowest BCUT2D eigenvalue weighted by atomic mass is 10.2. The lowest BCUT2D eigenvalue weighted by Gasteiger charge is -2.06. The third kappa shape index (κ3) is 3.34. The molecule has 0 aliphatic carbocycles. The Kier molecular flexibility index (Phi) is 4.95. The fourth-order valence-electron chi connectivity index (χ4n) is 1.48. The van der Waals surface area contributed by atoms with Crippen LogP contribution in [0, 0.1) is 18.8 Å². The molecule has 0 saturated carbocycles. The van der Waals surface area contributed by atoms with Gasteiger partial charge in [0.1, 0.15) is 11.6 Å². The molecule has 0 atom stereocenters. The maximum atomic E-state index is 5.32. The molecule has 0 fully saturated rings. The van der Waals surface area contributed by atoms with Gasteiger partial charge in [-0.15, -0.1) is 0 Å². The first-order valence-electron chi connectivity index (χ1n) is 5.24. The van der Waals surface area contributed by atoms with Gasteiger partial charge in [-0.2, -0.15) is 14.9 Å². The van der Waals surface area contributed by atoms with Crippen molar-refractivity contribution in [3.8, 4) is 5.75 Å². The van der Waals surface area contributed by atoms with Crippen molar-refractivity contribution in [2.24, 2.45) is 5.10 Å². The summed E-state index contributed by atoms with van der Waals surface area (Å²) < 4.78 is 9.47. The quantitative estimate of drug-likeness (QED) is 0.400. The van der Waals surface area contributed by atoms with E-state index in [1.807, 2.05) is 19.1 Å². The van der Waals surface area contributed by atoms with Crippen LogP contribution in [0.4, 0.5) is 0 Å². The first-order valence-corrected chi connectivity index (χ1v) is 7.81. The first kappa shape index (κ1) is 14.9. The van der Waals surface area contributed by atoms with Gasteiger partial charge >= 0.3 is 0 Å². The average molecular weight is 500 g/mol. The fourth-order valence-corrected chi connectivity index (χ4v) is 3.96. The second-order valence-corrected chi connectivity index (χ2v) is 6.36. The van der Waals surface area contributed by atoms with Crippen LogP contribution in [0.5, 0.6) is 5.75 Å². The Morgan fingerprint density at radius 2 is 2.05 bits per heavy atom. The molecule has 0 bridgehead atoms. The molecule has 0 aliphatic heterocycles. The van der Waals surface area contributed by atoms with Gasteiger partial charge < -0.3 is 4.74 Å². The minimum Gasteiger partial charge on any atom is -0.495 e. The summed E-state index contributed by atoms with van der Waals surface area (Å²) in [6.45, 7) is 1.84. The SMILES string of the molecule is COc1c(I)cc(/C=N\n2c(C)n[nH]c2=S)cc1I. The van der Waals surface area contributed by atoms with E-state index in [0.717, 1.165) is 24.3 Å². The number of methoxy groups -OCH3 is 1. The molecule has 0 saturated heterocycles.